The van der Waals surface area contributed by atoms with Crippen LogP contribution in [0.4, 0.5) is 4.79 Å². The molecule has 2 rings (SSSR count). The zero-order valence-corrected chi connectivity index (χ0v) is 8.33. The molecule has 0 atom stereocenters. The number of nitrogens with one attached hydrogen (secondary N) is 1. The molecule has 0 aromatic carbocycles. The van der Waals surface area contributed by atoms with E-state index in [1.54, 1.807) is 6.33 Å². The quantitative estimate of drug-likeness (QED) is 0.764. The molecule has 6 heteroatoms. The van der Waals surface area contributed by atoms with Gasteiger partial charge in [0.15, 0.2) is 0 Å². The summed E-state index contributed by atoms with van der Waals surface area (Å²) >= 11 is 0. The molecule has 1 fully saturated rings. The molecule has 1 heterocycles. The summed E-state index contributed by atoms with van der Waals surface area (Å²) < 4.78 is 1.86. The number of carbonyl (C=O) groups is 1. The third kappa shape index (κ3) is 2.45. The van der Waals surface area contributed by atoms with E-state index in [1.165, 1.54) is 6.33 Å². The summed E-state index contributed by atoms with van der Waals surface area (Å²) in [5.41, 5.74) is 0. The molecular formula is C9H14N4O2. The Kier molecular flexibility index (Phi) is 2.84. The van der Waals surface area contributed by atoms with Crippen LogP contribution in [0.3, 0.4) is 0 Å². The molecule has 0 saturated heterocycles. The normalized spacial score (nSPS) is 26.1. The minimum Gasteiger partial charge on any atom is -0.465 e. The monoisotopic (exact) mass is 210 g/mol. The fourth-order valence-electron chi connectivity index (χ4n) is 2.07. The van der Waals surface area contributed by atoms with Crippen molar-refractivity contribution in [2.75, 3.05) is 0 Å². The fraction of sp³-hybridized carbons (Fsp3) is 0.667. The molecule has 1 aromatic heterocycles. The lowest BCUT2D eigenvalue weighted by atomic mass is 9.91. The minimum atomic E-state index is -0.931. The summed E-state index contributed by atoms with van der Waals surface area (Å²) in [6.45, 7) is 0. The van der Waals surface area contributed by atoms with Gasteiger partial charge >= 0.3 is 6.09 Å². The Bertz CT molecular complexity index is 317. The first-order valence-corrected chi connectivity index (χ1v) is 5.09. The molecule has 15 heavy (non-hydrogen) atoms. The number of hydrogen-bond acceptors (Lipinski definition) is 3. The second-order valence-electron chi connectivity index (χ2n) is 3.83. The molecule has 1 saturated carbocycles. The summed E-state index contributed by atoms with van der Waals surface area (Å²) in [6.07, 6.45) is 5.97. The molecule has 0 radical (unpaired) electrons. The lowest BCUT2D eigenvalue weighted by Crippen LogP contribution is -2.37. The Morgan fingerprint density at radius 2 is 2.13 bits per heavy atom. The van der Waals surface area contributed by atoms with E-state index in [0.29, 0.717) is 6.04 Å². The van der Waals surface area contributed by atoms with E-state index in [2.05, 4.69) is 15.4 Å². The topological polar surface area (TPSA) is 80.0 Å². The number of rotatable bonds is 2. The Labute approximate surface area is 87.3 Å². The van der Waals surface area contributed by atoms with Gasteiger partial charge in [0.05, 0.1) is 6.04 Å². The van der Waals surface area contributed by atoms with Gasteiger partial charge in [0.2, 0.25) is 0 Å². The van der Waals surface area contributed by atoms with Crippen molar-refractivity contribution in [1.82, 2.24) is 20.1 Å². The summed E-state index contributed by atoms with van der Waals surface area (Å²) in [6, 6.07) is 0.474. The highest BCUT2D eigenvalue weighted by Gasteiger charge is 2.23. The van der Waals surface area contributed by atoms with Crippen LogP contribution in [0.15, 0.2) is 12.7 Å². The van der Waals surface area contributed by atoms with Gasteiger partial charge in [-0.15, -0.1) is 0 Å². The van der Waals surface area contributed by atoms with Crippen LogP contribution in [-0.2, 0) is 0 Å². The van der Waals surface area contributed by atoms with E-state index in [4.69, 9.17) is 5.11 Å². The Hall–Kier alpha value is -1.59. The summed E-state index contributed by atoms with van der Waals surface area (Å²) in [5.74, 6) is 0. The molecule has 0 aliphatic heterocycles. The number of hydrogen-bond donors (Lipinski definition) is 2. The van der Waals surface area contributed by atoms with E-state index >= 15 is 0 Å². The van der Waals surface area contributed by atoms with Crippen molar-refractivity contribution in [3.05, 3.63) is 12.7 Å². The zero-order valence-electron chi connectivity index (χ0n) is 8.33. The lowest BCUT2D eigenvalue weighted by Gasteiger charge is -2.28. The Morgan fingerprint density at radius 3 is 2.67 bits per heavy atom. The summed E-state index contributed by atoms with van der Waals surface area (Å²) in [4.78, 5) is 14.3. The van der Waals surface area contributed by atoms with Crippen molar-refractivity contribution in [3.8, 4) is 0 Å². The third-order valence-corrected chi connectivity index (χ3v) is 2.84. The summed E-state index contributed by atoms with van der Waals surface area (Å²) in [7, 11) is 0. The van der Waals surface area contributed by atoms with Crippen molar-refractivity contribution in [2.45, 2.75) is 37.8 Å². The smallest absolute Gasteiger partial charge is 0.404 e. The van der Waals surface area contributed by atoms with E-state index in [0.717, 1.165) is 25.7 Å². The molecule has 2 N–H and O–H groups in total. The average molecular weight is 210 g/mol. The SMILES string of the molecule is O=C(O)N[C@H]1CC[C@@H](n2cncn2)CC1. The van der Waals surface area contributed by atoms with Gasteiger partial charge in [-0.2, -0.15) is 5.10 Å². The second kappa shape index (κ2) is 4.29. The zero-order chi connectivity index (χ0) is 10.7. The van der Waals surface area contributed by atoms with E-state index in [1.807, 2.05) is 4.68 Å². The predicted octanol–water partition coefficient (Wildman–Crippen LogP) is 1.03. The molecule has 0 unspecified atom stereocenters. The van der Waals surface area contributed by atoms with Gasteiger partial charge in [-0.1, -0.05) is 0 Å². The van der Waals surface area contributed by atoms with Crippen LogP contribution in [0.1, 0.15) is 31.7 Å². The van der Waals surface area contributed by atoms with Crippen molar-refractivity contribution < 1.29 is 9.90 Å². The molecule has 0 bridgehead atoms. The van der Waals surface area contributed by atoms with Crippen LogP contribution in [0.5, 0.6) is 0 Å². The van der Waals surface area contributed by atoms with E-state index in [-0.39, 0.29) is 6.04 Å². The van der Waals surface area contributed by atoms with Gasteiger partial charge in [0.25, 0.3) is 0 Å². The molecule has 6 nitrogen and oxygen atoms in total. The van der Waals surface area contributed by atoms with Gasteiger partial charge in [0, 0.05) is 6.04 Å². The fourth-order valence-corrected chi connectivity index (χ4v) is 2.07. The van der Waals surface area contributed by atoms with Crippen LogP contribution in [0.25, 0.3) is 0 Å². The molecule has 1 aliphatic rings. The number of nitrogens with zero attached hydrogens (tertiary/aromatic N) is 3. The highest BCUT2D eigenvalue weighted by atomic mass is 16.4. The molecule has 0 spiro atoms. The first-order chi connectivity index (χ1) is 7.25. The maximum absolute atomic E-state index is 10.4. The highest BCUT2D eigenvalue weighted by molar-refractivity contribution is 5.64. The van der Waals surface area contributed by atoms with Crippen molar-refractivity contribution in [3.63, 3.8) is 0 Å². The lowest BCUT2D eigenvalue weighted by molar-refractivity contribution is 0.181. The van der Waals surface area contributed by atoms with Crippen LogP contribution in [0, 0.1) is 0 Å². The molecular weight excluding hydrogens is 196 g/mol. The standard InChI is InChI=1S/C9H14N4O2/c14-9(15)12-7-1-3-8(4-2-7)13-6-10-5-11-13/h5-8,12H,1-4H2,(H,14,15)/t7-,8+. The van der Waals surface area contributed by atoms with Crippen molar-refractivity contribution in [1.29, 1.82) is 0 Å². The van der Waals surface area contributed by atoms with Crippen molar-refractivity contribution in [2.24, 2.45) is 0 Å². The predicted molar refractivity (Wildman–Crippen MR) is 52.5 cm³/mol. The number of carboxylic acid groups (broad SMARTS) is 1. The van der Waals surface area contributed by atoms with Gasteiger partial charge in [-0.05, 0) is 25.7 Å². The highest BCUT2D eigenvalue weighted by Crippen LogP contribution is 2.27. The largest absolute Gasteiger partial charge is 0.465 e. The Balaban J connectivity index is 1.84. The number of amides is 1. The Morgan fingerprint density at radius 1 is 1.40 bits per heavy atom. The van der Waals surface area contributed by atoms with E-state index < -0.39 is 6.09 Å². The van der Waals surface area contributed by atoms with Gasteiger partial charge in [0.1, 0.15) is 12.7 Å². The number of aromatic nitrogens is 3. The summed E-state index contributed by atoms with van der Waals surface area (Å²) in [5, 5.41) is 15.2. The molecule has 1 aliphatic carbocycles. The molecule has 1 aromatic rings. The third-order valence-electron chi connectivity index (χ3n) is 2.84. The van der Waals surface area contributed by atoms with Crippen LogP contribution in [-0.4, -0.2) is 32.0 Å². The maximum Gasteiger partial charge on any atom is 0.404 e. The maximum atomic E-state index is 10.4. The van der Waals surface area contributed by atoms with Crippen LogP contribution < -0.4 is 5.32 Å². The van der Waals surface area contributed by atoms with Gasteiger partial charge in [-0.25, -0.2) is 14.5 Å². The van der Waals surface area contributed by atoms with Crippen molar-refractivity contribution >= 4 is 6.09 Å². The van der Waals surface area contributed by atoms with Gasteiger partial charge in [-0.3, -0.25) is 0 Å². The van der Waals surface area contributed by atoms with Crippen LogP contribution in [0.2, 0.25) is 0 Å². The first kappa shape index (κ1) is 9.95. The average Bonchev–Trinajstić information content (AvgIpc) is 2.71. The minimum absolute atomic E-state index is 0.0993. The molecule has 82 valence electrons. The second-order valence-corrected chi connectivity index (χ2v) is 3.83. The first-order valence-electron chi connectivity index (χ1n) is 5.09. The van der Waals surface area contributed by atoms with E-state index in [9.17, 15) is 4.79 Å². The molecule has 1 amide bonds. The van der Waals surface area contributed by atoms with Gasteiger partial charge < -0.3 is 10.4 Å². The van der Waals surface area contributed by atoms with Crippen LogP contribution >= 0.6 is 0 Å².